The number of esters is 1. The van der Waals surface area contributed by atoms with Crippen molar-refractivity contribution >= 4 is 16.0 Å². The SMILES string of the molecule is CCn1c(C(C)NS(=O)(=O)c2ccc(OC)cc2)cnc1OC(=O)c1ccc(C)cc1. The molecule has 1 atom stereocenters. The summed E-state index contributed by atoms with van der Waals surface area (Å²) in [7, 11) is -2.26. The van der Waals surface area contributed by atoms with Gasteiger partial charge in [0.1, 0.15) is 5.75 Å². The largest absolute Gasteiger partial charge is 0.497 e. The van der Waals surface area contributed by atoms with Crippen LogP contribution in [-0.4, -0.2) is 31.0 Å². The van der Waals surface area contributed by atoms with Crippen LogP contribution in [0.25, 0.3) is 0 Å². The number of carbonyl (C=O) groups excluding carboxylic acids is 1. The van der Waals surface area contributed by atoms with E-state index in [1.807, 2.05) is 26.0 Å². The van der Waals surface area contributed by atoms with Crippen LogP contribution in [0, 0.1) is 6.92 Å². The first kappa shape index (κ1) is 22.5. The van der Waals surface area contributed by atoms with Crippen molar-refractivity contribution in [3.8, 4) is 11.8 Å². The van der Waals surface area contributed by atoms with E-state index in [9.17, 15) is 13.2 Å². The van der Waals surface area contributed by atoms with Crippen LogP contribution in [-0.2, 0) is 16.6 Å². The average molecular weight is 444 g/mol. The third-order valence-electron chi connectivity index (χ3n) is 4.78. The number of benzene rings is 2. The maximum absolute atomic E-state index is 12.7. The van der Waals surface area contributed by atoms with Gasteiger partial charge >= 0.3 is 12.0 Å². The lowest BCUT2D eigenvalue weighted by atomic mass is 10.1. The fourth-order valence-corrected chi connectivity index (χ4v) is 4.28. The van der Waals surface area contributed by atoms with Crippen molar-refractivity contribution in [3.05, 3.63) is 71.5 Å². The summed E-state index contributed by atoms with van der Waals surface area (Å²) in [6.45, 7) is 5.94. The summed E-state index contributed by atoms with van der Waals surface area (Å²) in [6.07, 6.45) is 1.50. The van der Waals surface area contributed by atoms with Gasteiger partial charge in [-0.05, 0) is 57.2 Å². The van der Waals surface area contributed by atoms with Gasteiger partial charge in [0.25, 0.3) is 0 Å². The molecule has 0 aliphatic carbocycles. The zero-order chi connectivity index (χ0) is 22.6. The number of hydrogen-bond acceptors (Lipinski definition) is 6. The monoisotopic (exact) mass is 443 g/mol. The number of nitrogens with one attached hydrogen (secondary N) is 1. The molecule has 31 heavy (non-hydrogen) atoms. The van der Waals surface area contributed by atoms with Gasteiger partial charge in [0.2, 0.25) is 10.0 Å². The Labute approximate surface area is 181 Å². The second-order valence-electron chi connectivity index (χ2n) is 6.98. The molecule has 9 heteroatoms. The van der Waals surface area contributed by atoms with Gasteiger partial charge in [-0.1, -0.05) is 17.7 Å². The summed E-state index contributed by atoms with van der Waals surface area (Å²) in [5, 5.41) is 0. The number of nitrogens with zero attached hydrogens (tertiary/aromatic N) is 2. The molecule has 0 amide bonds. The maximum Gasteiger partial charge on any atom is 0.345 e. The first-order valence-corrected chi connectivity index (χ1v) is 11.2. The van der Waals surface area contributed by atoms with E-state index in [1.54, 1.807) is 35.8 Å². The minimum absolute atomic E-state index is 0.110. The lowest BCUT2D eigenvalue weighted by Crippen LogP contribution is -2.28. The van der Waals surface area contributed by atoms with Gasteiger partial charge in [-0.2, -0.15) is 0 Å². The zero-order valence-electron chi connectivity index (χ0n) is 17.8. The van der Waals surface area contributed by atoms with Crippen molar-refractivity contribution in [2.24, 2.45) is 0 Å². The number of imidazole rings is 1. The summed E-state index contributed by atoms with van der Waals surface area (Å²) in [6, 6.07) is 12.6. The Bertz CT molecular complexity index is 1150. The summed E-state index contributed by atoms with van der Waals surface area (Å²) >= 11 is 0. The van der Waals surface area contributed by atoms with Gasteiger partial charge in [0, 0.05) is 6.54 Å². The van der Waals surface area contributed by atoms with Crippen LogP contribution in [0.3, 0.4) is 0 Å². The second-order valence-corrected chi connectivity index (χ2v) is 8.70. The van der Waals surface area contributed by atoms with Gasteiger partial charge in [-0.3, -0.25) is 4.57 Å². The Balaban J connectivity index is 1.78. The molecule has 1 heterocycles. The number of sulfonamides is 1. The molecule has 0 aliphatic heterocycles. The van der Waals surface area contributed by atoms with Crippen molar-refractivity contribution in [3.63, 3.8) is 0 Å². The molecule has 8 nitrogen and oxygen atoms in total. The minimum atomic E-state index is -3.77. The normalized spacial score (nSPS) is 12.4. The topological polar surface area (TPSA) is 99.5 Å². The zero-order valence-corrected chi connectivity index (χ0v) is 18.6. The summed E-state index contributed by atoms with van der Waals surface area (Å²) < 4.78 is 40.3. The molecule has 0 radical (unpaired) electrons. The average Bonchev–Trinajstić information content (AvgIpc) is 3.16. The quantitative estimate of drug-likeness (QED) is 0.535. The smallest absolute Gasteiger partial charge is 0.345 e. The fourth-order valence-electron chi connectivity index (χ4n) is 3.06. The number of carbonyl (C=O) groups is 1. The van der Waals surface area contributed by atoms with E-state index in [-0.39, 0.29) is 10.9 Å². The Morgan fingerprint density at radius 1 is 1.13 bits per heavy atom. The Hall–Kier alpha value is -3.17. The third kappa shape index (κ3) is 5.12. The number of hydrogen-bond donors (Lipinski definition) is 1. The van der Waals surface area contributed by atoms with E-state index >= 15 is 0 Å². The maximum atomic E-state index is 12.7. The number of aromatic nitrogens is 2. The van der Waals surface area contributed by atoms with Crippen molar-refractivity contribution < 1.29 is 22.7 Å². The molecule has 2 aromatic carbocycles. The molecule has 0 spiro atoms. The minimum Gasteiger partial charge on any atom is -0.497 e. The van der Waals surface area contributed by atoms with Crippen LogP contribution in [0.2, 0.25) is 0 Å². The molecule has 3 aromatic rings. The fraction of sp³-hybridized carbons (Fsp3) is 0.273. The third-order valence-corrected chi connectivity index (χ3v) is 6.34. The highest BCUT2D eigenvalue weighted by molar-refractivity contribution is 7.89. The molecule has 164 valence electrons. The van der Waals surface area contributed by atoms with Crippen LogP contribution < -0.4 is 14.2 Å². The Morgan fingerprint density at radius 2 is 1.77 bits per heavy atom. The molecule has 0 saturated heterocycles. The molecule has 0 fully saturated rings. The molecule has 0 saturated carbocycles. The molecule has 1 unspecified atom stereocenters. The van der Waals surface area contributed by atoms with Gasteiger partial charge in [-0.15, -0.1) is 0 Å². The lowest BCUT2D eigenvalue weighted by molar-refractivity contribution is 0.0712. The number of methoxy groups -OCH3 is 1. The molecule has 1 N–H and O–H groups in total. The van der Waals surface area contributed by atoms with Gasteiger partial charge < -0.3 is 9.47 Å². The van der Waals surface area contributed by atoms with Crippen LogP contribution in [0.4, 0.5) is 0 Å². The number of ether oxygens (including phenoxy) is 2. The molecule has 0 aliphatic rings. The first-order chi connectivity index (χ1) is 14.7. The van der Waals surface area contributed by atoms with E-state index in [4.69, 9.17) is 9.47 Å². The number of aryl methyl sites for hydroxylation is 1. The summed E-state index contributed by atoms with van der Waals surface area (Å²) in [5.41, 5.74) is 2.02. The summed E-state index contributed by atoms with van der Waals surface area (Å²) in [5.74, 6) is 0.0365. The molecule has 3 rings (SSSR count). The molecular weight excluding hydrogens is 418 g/mol. The van der Waals surface area contributed by atoms with E-state index < -0.39 is 22.0 Å². The Kier molecular flexibility index (Phi) is 6.77. The van der Waals surface area contributed by atoms with Gasteiger partial charge in [0.05, 0.1) is 35.5 Å². The highest BCUT2D eigenvalue weighted by Gasteiger charge is 2.23. The second kappa shape index (κ2) is 9.32. The molecule has 1 aromatic heterocycles. The first-order valence-electron chi connectivity index (χ1n) is 9.75. The van der Waals surface area contributed by atoms with Crippen molar-refractivity contribution in [1.82, 2.24) is 14.3 Å². The molecular formula is C22H25N3O5S. The highest BCUT2D eigenvalue weighted by Crippen LogP contribution is 2.23. The van der Waals surface area contributed by atoms with Gasteiger partial charge in [0.15, 0.2) is 0 Å². The van der Waals surface area contributed by atoms with Crippen LogP contribution in [0.1, 0.15) is 41.5 Å². The van der Waals surface area contributed by atoms with Crippen LogP contribution >= 0.6 is 0 Å². The van der Waals surface area contributed by atoms with Crippen molar-refractivity contribution in [1.29, 1.82) is 0 Å². The van der Waals surface area contributed by atoms with E-state index in [2.05, 4.69) is 9.71 Å². The standard InChI is InChI=1S/C22H25N3O5S/c1-5-25-20(14-23-22(25)30-21(26)17-8-6-15(2)7-9-17)16(3)24-31(27,28)19-12-10-18(29-4)11-13-19/h6-14,16,24H,5H2,1-4H3. The van der Waals surface area contributed by atoms with E-state index in [0.29, 0.717) is 23.6 Å². The van der Waals surface area contributed by atoms with Crippen molar-refractivity contribution in [2.75, 3.05) is 7.11 Å². The number of rotatable bonds is 8. The predicted octanol–water partition coefficient (Wildman–Crippen LogP) is 3.48. The Morgan fingerprint density at radius 3 is 2.35 bits per heavy atom. The van der Waals surface area contributed by atoms with E-state index in [1.165, 1.54) is 25.4 Å². The molecule has 0 bridgehead atoms. The van der Waals surface area contributed by atoms with Crippen LogP contribution in [0.5, 0.6) is 11.8 Å². The summed E-state index contributed by atoms with van der Waals surface area (Å²) in [4.78, 5) is 16.7. The van der Waals surface area contributed by atoms with Crippen molar-refractivity contribution in [2.45, 2.75) is 38.3 Å². The lowest BCUT2D eigenvalue weighted by Gasteiger charge is -2.17. The van der Waals surface area contributed by atoms with E-state index in [0.717, 1.165) is 5.56 Å². The van der Waals surface area contributed by atoms with Gasteiger partial charge in [-0.25, -0.2) is 22.9 Å². The predicted molar refractivity (Wildman–Crippen MR) is 116 cm³/mol. The highest BCUT2D eigenvalue weighted by atomic mass is 32.2. The van der Waals surface area contributed by atoms with Crippen LogP contribution in [0.15, 0.2) is 59.6 Å².